The van der Waals surface area contributed by atoms with Crippen molar-refractivity contribution in [3.63, 3.8) is 0 Å². The van der Waals surface area contributed by atoms with E-state index in [1.54, 1.807) is 36.4 Å². The van der Waals surface area contributed by atoms with Crippen molar-refractivity contribution in [2.24, 2.45) is 0 Å². The Kier molecular flexibility index (Phi) is 5.76. The van der Waals surface area contributed by atoms with Gasteiger partial charge < -0.3 is 4.74 Å². The van der Waals surface area contributed by atoms with E-state index in [1.165, 1.54) is 18.2 Å². The summed E-state index contributed by atoms with van der Waals surface area (Å²) in [4.78, 5) is 0. The summed E-state index contributed by atoms with van der Waals surface area (Å²) >= 11 is 0. The molecule has 2 aromatic carbocycles. The molecule has 1 atom stereocenters. The summed E-state index contributed by atoms with van der Waals surface area (Å²) in [7, 11) is -9.49. The van der Waals surface area contributed by atoms with Crippen LogP contribution in [0, 0.1) is 11.3 Å². The predicted molar refractivity (Wildman–Crippen MR) is 87.7 cm³/mol. The fraction of sp³-hybridized carbons (Fsp3) is 0.133. The molecular weight excluding hydrogens is 370 g/mol. The lowest BCUT2D eigenvalue weighted by Crippen LogP contribution is -2.20. The highest BCUT2D eigenvalue weighted by atomic mass is 32.3. The third-order valence-corrected chi connectivity index (χ3v) is 5.62. The van der Waals surface area contributed by atoms with Gasteiger partial charge in [-0.05, 0) is 24.3 Å². The molecule has 0 radical (unpaired) electrons. The van der Waals surface area contributed by atoms with E-state index >= 15 is 0 Å². The van der Waals surface area contributed by atoms with Crippen LogP contribution in [0.4, 0.5) is 0 Å². The lowest BCUT2D eigenvalue weighted by Gasteiger charge is -2.12. The van der Waals surface area contributed by atoms with Gasteiger partial charge >= 0.3 is 0 Å². The molecule has 0 fully saturated rings. The van der Waals surface area contributed by atoms with E-state index in [-0.39, 0.29) is 5.56 Å². The van der Waals surface area contributed by atoms with Gasteiger partial charge in [0.25, 0.3) is 20.2 Å². The van der Waals surface area contributed by atoms with Crippen LogP contribution in [0.15, 0.2) is 54.6 Å². The van der Waals surface area contributed by atoms with Crippen molar-refractivity contribution >= 4 is 20.2 Å². The molecule has 2 aromatic rings. The van der Waals surface area contributed by atoms with Gasteiger partial charge in [0.1, 0.15) is 17.6 Å². The molecule has 0 saturated heterocycles. The van der Waals surface area contributed by atoms with Crippen LogP contribution < -0.4 is 4.74 Å². The first-order chi connectivity index (χ1) is 11.7. The number of nitriles is 1. The monoisotopic (exact) mass is 383 g/mol. The molecular formula is C15H13NO7S2. The van der Waals surface area contributed by atoms with Gasteiger partial charge in [0.05, 0.1) is 0 Å². The van der Waals surface area contributed by atoms with E-state index < -0.39 is 31.4 Å². The highest BCUT2D eigenvalue weighted by molar-refractivity contribution is 8.03. The molecule has 1 unspecified atom stereocenters. The van der Waals surface area contributed by atoms with Crippen LogP contribution in [-0.2, 0) is 24.4 Å². The Bertz CT molecular complexity index is 980. The Hall–Kier alpha value is -2.45. The molecule has 0 spiro atoms. The van der Waals surface area contributed by atoms with Crippen LogP contribution in [0.3, 0.4) is 0 Å². The summed E-state index contributed by atoms with van der Waals surface area (Å²) in [5, 5.41) is 7.49. The number of hydrogen-bond acceptors (Lipinski definition) is 7. The van der Waals surface area contributed by atoms with Crippen LogP contribution >= 0.6 is 0 Å². The number of rotatable bonds is 7. The lowest BCUT2D eigenvalue weighted by molar-refractivity contribution is 0.269. The Balaban J connectivity index is 2.21. The molecule has 2 rings (SSSR count). The first kappa shape index (κ1) is 18.9. The maximum atomic E-state index is 11.6. The second-order valence-electron chi connectivity index (χ2n) is 4.85. The van der Waals surface area contributed by atoms with Crippen molar-refractivity contribution in [1.29, 1.82) is 5.26 Å². The molecule has 132 valence electrons. The lowest BCUT2D eigenvalue weighted by atomic mass is 10.1. The minimum absolute atomic E-state index is 0.148. The summed E-state index contributed by atoms with van der Waals surface area (Å²) in [6, 6.07) is 16.3. The fourth-order valence-electron chi connectivity index (χ4n) is 1.87. The van der Waals surface area contributed by atoms with Gasteiger partial charge in [-0.1, -0.05) is 30.3 Å². The molecule has 1 N–H and O–H groups in total. The fourth-order valence-corrected chi connectivity index (χ4v) is 4.00. The van der Waals surface area contributed by atoms with Gasteiger partial charge in [0.15, 0.2) is 6.10 Å². The van der Waals surface area contributed by atoms with Gasteiger partial charge in [0.2, 0.25) is 5.08 Å². The number of nitrogens with zero attached hydrogens (tertiary/aromatic N) is 1. The van der Waals surface area contributed by atoms with Crippen molar-refractivity contribution in [1.82, 2.24) is 0 Å². The van der Waals surface area contributed by atoms with Crippen LogP contribution in [-0.4, -0.2) is 26.5 Å². The van der Waals surface area contributed by atoms with E-state index in [1.807, 2.05) is 6.07 Å². The van der Waals surface area contributed by atoms with E-state index in [9.17, 15) is 16.8 Å². The molecule has 0 saturated carbocycles. The van der Waals surface area contributed by atoms with Crippen LogP contribution in [0.25, 0.3) is 0 Å². The predicted octanol–water partition coefficient (Wildman–Crippen LogP) is 2.24. The quantitative estimate of drug-likeness (QED) is 0.569. The zero-order chi connectivity index (χ0) is 18.5. The number of benzene rings is 2. The van der Waals surface area contributed by atoms with E-state index in [2.05, 4.69) is 4.18 Å². The van der Waals surface area contributed by atoms with Gasteiger partial charge in [-0.15, -0.1) is 0 Å². The van der Waals surface area contributed by atoms with Crippen molar-refractivity contribution < 1.29 is 30.3 Å². The number of hydrogen-bond donors (Lipinski definition) is 1. The summed E-state index contributed by atoms with van der Waals surface area (Å²) in [6.45, 7) is 0. The average Bonchev–Trinajstić information content (AvgIpc) is 2.51. The van der Waals surface area contributed by atoms with E-state index in [4.69, 9.17) is 14.6 Å². The molecule has 0 amide bonds. The first-order valence-electron chi connectivity index (χ1n) is 6.77. The zero-order valence-electron chi connectivity index (χ0n) is 12.6. The van der Waals surface area contributed by atoms with E-state index in [0.29, 0.717) is 11.5 Å². The molecule has 0 bridgehead atoms. The van der Waals surface area contributed by atoms with Gasteiger partial charge in [-0.25, -0.2) is 4.18 Å². The molecule has 0 aliphatic heterocycles. The van der Waals surface area contributed by atoms with Crippen molar-refractivity contribution in [3.05, 3.63) is 60.2 Å². The van der Waals surface area contributed by atoms with Crippen molar-refractivity contribution in [3.8, 4) is 17.6 Å². The number of ether oxygens (including phenoxy) is 1. The Morgan fingerprint density at radius 2 is 1.64 bits per heavy atom. The van der Waals surface area contributed by atoms with Gasteiger partial charge in [-0.3, -0.25) is 4.55 Å². The molecule has 0 aliphatic carbocycles. The maximum absolute atomic E-state index is 11.6. The van der Waals surface area contributed by atoms with E-state index in [0.717, 1.165) is 0 Å². The molecule has 25 heavy (non-hydrogen) atoms. The third kappa shape index (κ3) is 6.17. The van der Waals surface area contributed by atoms with Crippen LogP contribution in [0.5, 0.6) is 11.5 Å². The standard InChI is InChI=1S/C15H13NO7S2/c16-10-15(23-25(20,21)11-24(17,18)19)12-5-4-8-14(9-12)22-13-6-2-1-3-7-13/h1-9,15H,11H2,(H,17,18,19). The third-order valence-electron chi connectivity index (χ3n) is 2.79. The van der Waals surface area contributed by atoms with Crippen LogP contribution in [0.2, 0.25) is 0 Å². The largest absolute Gasteiger partial charge is 0.457 e. The molecule has 0 heterocycles. The summed E-state index contributed by atoms with van der Waals surface area (Å²) in [5.41, 5.74) is 0.148. The molecule has 0 aliphatic rings. The second-order valence-corrected chi connectivity index (χ2v) is 8.26. The highest BCUT2D eigenvalue weighted by Crippen LogP contribution is 2.27. The maximum Gasteiger partial charge on any atom is 0.285 e. The smallest absolute Gasteiger partial charge is 0.285 e. The first-order valence-corrected chi connectivity index (χ1v) is 9.96. The van der Waals surface area contributed by atoms with Gasteiger partial charge in [-0.2, -0.15) is 22.1 Å². The Labute approximate surface area is 145 Å². The van der Waals surface area contributed by atoms with Gasteiger partial charge in [0, 0.05) is 5.56 Å². The summed E-state index contributed by atoms with van der Waals surface area (Å²) < 4.78 is 63.4. The Morgan fingerprint density at radius 1 is 1.00 bits per heavy atom. The molecule has 10 heteroatoms. The second kappa shape index (κ2) is 7.62. The van der Waals surface area contributed by atoms with Crippen molar-refractivity contribution in [2.75, 3.05) is 5.08 Å². The average molecular weight is 383 g/mol. The summed E-state index contributed by atoms with van der Waals surface area (Å²) in [6.07, 6.45) is -1.59. The number of para-hydroxylation sites is 1. The minimum Gasteiger partial charge on any atom is -0.457 e. The molecule has 0 aromatic heterocycles. The Morgan fingerprint density at radius 3 is 2.24 bits per heavy atom. The van der Waals surface area contributed by atoms with Crippen LogP contribution in [0.1, 0.15) is 11.7 Å². The summed E-state index contributed by atoms with van der Waals surface area (Å²) in [5.74, 6) is 0.868. The zero-order valence-corrected chi connectivity index (χ0v) is 14.3. The highest BCUT2D eigenvalue weighted by Gasteiger charge is 2.26. The molecule has 8 nitrogen and oxygen atoms in total. The van der Waals surface area contributed by atoms with Crippen molar-refractivity contribution in [2.45, 2.75) is 6.10 Å². The normalized spacial score (nSPS) is 13.0. The minimum atomic E-state index is -4.81. The topological polar surface area (TPSA) is 131 Å². The SMILES string of the molecule is N#CC(OS(=O)(=O)CS(=O)(=O)O)c1cccc(Oc2ccccc2)c1.